The van der Waals surface area contributed by atoms with Crippen LogP contribution in [0.5, 0.6) is 0 Å². The zero-order valence-corrected chi connectivity index (χ0v) is 13.6. The molecule has 0 bridgehead atoms. The van der Waals surface area contributed by atoms with Crippen LogP contribution in [0.25, 0.3) is 0 Å². The van der Waals surface area contributed by atoms with E-state index >= 15 is 0 Å². The molecule has 1 N–H and O–H groups in total. The molecule has 114 valence electrons. The fourth-order valence-corrected chi connectivity index (χ4v) is 4.85. The summed E-state index contributed by atoms with van der Waals surface area (Å²) in [5.74, 6) is 0.435. The predicted molar refractivity (Wildman–Crippen MR) is 80.0 cm³/mol. The van der Waals surface area contributed by atoms with Crippen molar-refractivity contribution < 1.29 is 8.42 Å². The Kier molecular flexibility index (Phi) is 4.56. The quantitative estimate of drug-likeness (QED) is 0.899. The van der Waals surface area contributed by atoms with E-state index < -0.39 is 10.0 Å². The van der Waals surface area contributed by atoms with Crippen molar-refractivity contribution in [2.45, 2.75) is 51.2 Å². The van der Waals surface area contributed by atoms with Crippen LogP contribution < -0.4 is 5.32 Å². The molecule has 2 atom stereocenters. The summed E-state index contributed by atoms with van der Waals surface area (Å²) in [5, 5.41) is 3.08. The summed E-state index contributed by atoms with van der Waals surface area (Å²) < 4.78 is 29.2. The van der Waals surface area contributed by atoms with Crippen LogP contribution in [0, 0.1) is 5.92 Å². The average molecular weight is 299 g/mol. The first-order chi connectivity index (χ1) is 9.40. The van der Waals surface area contributed by atoms with Gasteiger partial charge in [-0.05, 0) is 39.3 Å². The summed E-state index contributed by atoms with van der Waals surface area (Å²) in [6.07, 6.45) is 2.70. The van der Waals surface area contributed by atoms with Crippen molar-refractivity contribution in [2.75, 3.05) is 13.6 Å². The number of aromatic nitrogens is 1. The van der Waals surface area contributed by atoms with Crippen LogP contribution in [0.1, 0.15) is 32.9 Å². The van der Waals surface area contributed by atoms with Crippen LogP contribution in [-0.2, 0) is 23.1 Å². The first kappa shape index (κ1) is 15.5. The van der Waals surface area contributed by atoms with Gasteiger partial charge >= 0.3 is 0 Å². The summed E-state index contributed by atoms with van der Waals surface area (Å²) >= 11 is 0. The van der Waals surface area contributed by atoms with Crippen molar-refractivity contribution >= 4 is 10.0 Å². The molecule has 20 heavy (non-hydrogen) atoms. The molecule has 6 heteroatoms. The van der Waals surface area contributed by atoms with Crippen molar-refractivity contribution in [1.82, 2.24) is 14.2 Å². The predicted octanol–water partition coefficient (Wildman–Crippen LogP) is 1.65. The van der Waals surface area contributed by atoms with Crippen molar-refractivity contribution in [3.63, 3.8) is 0 Å². The summed E-state index contributed by atoms with van der Waals surface area (Å²) in [6.45, 7) is 8.20. The topological polar surface area (TPSA) is 54.3 Å². The zero-order valence-electron chi connectivity index (χ0n) is 12.8. The van der Waals surface area contributed by atoms with Crippen LogP contribution in [-0.4, -0.2) is 36.9 Å². The molecule has 0 aliphatic carbocycles. The van der Waals surface area contributed by atoms with Crippen molar-refractivity contribution in [1.29, 1.82) is 0 Å². The molecule has 1 aromatic rings. The number of hydrogen-bond donors (Lipinski definition) is 1. The summed E-state index contributed by atoms with van der Waals surface area (Å²) in [6, 6.07) is 1.89. The van der Waals surface area contributed by atoms with Gasteiger partial charge in [-0.15, -0.1) is 0 Å². The molecule has 1 aliphatic heterocycles. The molecule has 1 aliphatic rings. The van der Waals surface area contributed by atoms with Gasteiger partial charge in [0, 0.05) is 37.6 Å². The van der Waals surface area contributed by atoms with E-state index in [1.165, 1.54) is 0 Å². The lowest BCUT2D eigenvalue weighted by Gasteiger charge is -2.20. The van der Waals surface area contributed by atoms with Crippen LogP contribution in [0.2, 0.25) is 0 Å². The molecular formula is C14H25N3O2S. The maximum atomic E-state index is 12.8. The number of aryl methyl sites for hydroxylation is 1. The van der Waals surface area contributed by atoms with Crippen molar-refractivity contribution in [3.05, 3.63) is 18.0 Å². The number of hydrogen-bond acceptors (Lipinski definition) is 3. The van der Waals surface area contributed by atoms with Gasteiger partial charge in [0.1, 0.15) is 4.90 Å². The highest BCUT2D eigenvalue weighted by atomic mass is 32.2. The van der Waals surface area contributed by atoms with Gasteiger partial charge in [-0.2, -0.15) is 4.31 Å². The Bertz CT molecular complexity index is 565. The van der Waals surface area contributed by atoms with E-state index in [9.17, 15) is 8.42 Å². The standard InChI is InChI=1S/C14H25N3O2S/c1-5-16-10-14(7-13(16)8-15-4)20(18,19)17-9-11(2)6-12(17)3/h7,10-12,15H,5-6,8-9H2,1-4H3. The Hall–Kier alpha value is -0.850. The van der Waals surface area contributed by atoms with Gasteiger partial charge in [0.2, 0.25) is 10.0 Å². The SMILES string of the molecule is CCn1cc(S(=O)(=O)N2CC(C)CC2C)cc1CNC. The van der Waals surface area contributed by atoms with E-state index in [1.54, 1.807) is 16.6 Å². The number of sulfonamides is 1. The smallest absolute Gasteiger partial charge is 0.244 e. The minimum Gasteiger partial charge on any atom is -0.349 e. The van der Waals surface area contributed by atoms with Gasteiger partial charge in [0.25, 0.3) is 0 Å². The highest BCUT2D eigenvalue weighted by Gasteiger charge is 2.36. The third-order valence-corrected chi connectivity index (χ3v) is 5.94. The second-order valence-corrected chi connectivity index (χ2v) is 7.64. The first-order valence-electron chi connectivity index (χ1n) is 7.25. The summed E-state index contributed by atoms with van der Waals surface area (Å²) in [5.41, 5.74) is 1.01. The minimum atomic E-state index is -3.37. The molecule has 2 heterocycles. The molecule has 0 saturated carbocycles. The van der Waals surface area contributed by atoms with Gasteiger partial charge in [-0.1, -0.05) is 6.92 Å². The maximum absolute atomic E-state index is 12.8. The Balaban J connectivity index is 2.34. The highest BCUT2D eigenvalue weighted by molar-refractivity contribution is 7.89. The molecule has 1 fully saturated rings. The molecule has 1 aromatic heterocycles. The van der Waals surface area contributed by atoms with Crippen LogP contribution in [0.3, 0.4) is 0 Å². The van der Waals surface area contributed by atoms with Gasteiger partial charge in [-0.3, -0.25) is 0 Å². The third kappa shape index (κ3) is 2.77. The van der Waals surface area contributed by atoms with Crippen LogP contribution >= 0.6 is 0 Å². The van der Waals surface area contributed by atoms with Gasteiger partial charge in [0.15, 0.2) is 0 Å². The number of rotatable bonds is 5. The van der Waals surface area contributed by atoms with Gasteiger partial charge in [-0.25, -0.2) is 8.42 Å². The number of nitrogens with one attached hydrogen (secondary N) is 1. The monoisotopic (exact) mass is 299 g/mol. The van der Waals surface area contributed by atoms with E-state index in [0.29, 0.717) is 23.9 Å². The Morgan fingerprint density at radius 1 is 1.40 bits per heavy atom. The molecule has 2 unspecified atom stereocenters. The molecule has 0 aromatic carbocycles. The molecule has 5 nitrogen and oxygen atoms in total. The fourth-order valence-electron chi connectivity index (χ4n) is 3.02. The number of nitrogens with zero attached hydrogens (tertiary/aromatic N) is 2. The Labute approximate surface area is 122 Å². The van der Waals surface area contributed by atoms with E-state index in [1.807, 2.05) is 25.5 Å². The second kappa shape index (κ2) is 5.87. The van der Waals surface area contributed by atoms with Gasteiger partial charge < -0.3 is 9.88 Å². The van der Waals surface area contributed by atoms with Crippen molar-refractivity contribution in [3.8, 4) is 0 Å². The zero-order chi connectivity index (χ0) is 14.9. The van der Waals surface area contributed by atoms with E-state index in [2.05, 4.69) is 12.2 Å². The largest absolute Gasteiger partial charge is 0.349 e. The van der Waals surface area contributed by atoms with Gasteiger partial charge in [0.05, 0.1) is 0 Å². The Morgan fingerprint density at radius 2 is 2.10 bits per heavy atom. The molecule has 0 amide bonds. The normalized spacial score (nSPS) is 24.4. The lowest BCUT2D eigenvalue weighted by atomic mass is 10.1. The van der Waals surface area contributed by atoms with E-state index in [0.717, 1.165) is 18.7 Å². The maximum Gasteiger partial charge on any atom is 0.244 e. The summed E-state index contributed by atoms with van der Waals surface area (Å²) in [7, 11) is -1.50. The minimum absolute atomic E-state index is 0.0905. The van der Waals surface area contributed by atoms with Crippen LogP contribution in [0.4, 0.5) is 0 Å². The molecule has 1 saturated heterocycles. The molecule has 2 rings (SSSR count). The second-order valence-electron chi connectivity index (χ2n) is 5.75. The average Bonchev–Trinajstić information content (AvgIpc) is 2.94. The summed E-state index contributed by atoms with van der Waals surface area (Å²) in [4.78, 5) is 0.422. The molecular weight excluding hydrogens is 274 g/mol. The van der Waals surface area contributed by atoms with E-state index in [4.69, 9.17) is 0 Å². The Morgan fingerprint density at radius 3 is 2.60 bits per heavy atom. The molecule has 0 radical (unpaired) electrons. The lowest BCUT2D eigenvalue weighted by Crippen LogP contribution is -2.33. The van der Waals surface area contributed by atoms with E-state index in [-0.39, 0.29) is 6.04 Å². The molecule has 0 spiro atoms. The first-order valence-corrected chi connectivity index (χ1v) is 8.69. The highest BCUT2D eigenvalue weighted by Crippen LogP contribution is 2.29. The third-order valence-electron chi connectivity index (χ3n) is 3.99. The lowest BCUT2D eigenvalue weighted by molar-refractivity contribution is 0.405. The van der Waals surface area contributed by atoms with Crippen LogP contribution in [0.15, 0.2) is 17.2 Å². The fraction of sp³-hybridized carbons (Fsp3) is 0.714. The van der Waals surface area contributed by atoms with Crippen molar-refractivity contribution in [2.24, 2.45) is 5.92 Å².